The molecule has 96 valence electrons. The van der Waals surface area contributed by atoms with Gasteiger partial charge in [-0.05, 0) is 23.1 Å². The summed E-state index contributed by atoms with van der Waals surface area (Å²) in [5, 5.41) is 3.65. The van der Waals surface area contributed by atoms with E-state index in [0.717, 1.165) is 13.0 Å². The maximum atomic E-state index is 3.86. The van der Waals surface area contributed by atoms with Crippen LogP contribution in [0.15, 0.2) is 67.3 Å². The minimum absolute atomic E-state index is 0.411. The lowest BCUT2D eigenvalue weighted by Gasteiger charge is -2.32. The first kappa shape index (κ1) is 12.2. The van der Waals surface area contributed by atoms with Gasteiger partial charge >= 0.3 is 0 Å². The van der Waals surface area contributed by atoms with E-state index < -0.39 is 0 Å². The topological polar surface area (TPSA) is 12.0 Å². The minimum Gasteiger partial charge on any atom is -0.309 e. The highest BCUT2D eigenvalue weighted by Gasteiger charge is 2.26. The molecule has 1 heterocycles. The summed E-state index contributed by atoms with van der Waals surface area (Å²) in [6.45, 7) is 4.86. The molecule has 1 N–H and O–H groups in total. The van der Waals surface area contributed by atoms with Crippen LogP contribution in [0.2, 0.25) is 0 Å². The van der Waals surface area contributed by atoms with Crippen LogP contribution in [0.5, 0.6) is 0 Å². The second-order valence-corrected chi connectivity index (χ2v) is 5.08. The average molecular weight is 249 g/mol. The molecule has 2 atom stereocenters. The molecule has 1 aliphatic rings. The maximum Gasteiger partial charge on any atom is 0.0358 e. The van der Waals surface area contributed by atoms with Crippen molar-refractivity contribution in [1.82, 2.24) is 5.32 Å². The highest BCUT2D eigenvalue weighted by atomic mass is 14.9. The van der Waals surface area contributed by atoms with Gasteiger partial charge in [-0.2, -0.15) is 0 Å². The summed E-state index contributed by atoms with van der Waals surface area (Å²) in [4.78, 5) is 0. The maximum absolute atomic E-state index is 3.86. The van der Waals surface area contributed by atoms with Gasteiger partial charge in [-0.3, -0.25) is 0 Å². The lowest BCUT2D eigenvalue weighted by atomic mass is 9.82. The molecule has 0 saturated carbocycles. The zero-order valence-electron chi connectivity index (χ0n) is 11.0. The fraction of sp³-hybridized carbons (Fsp3) is 0.222. The Morgan fingerprint density at radius 2 is 1.68 bits per heavy atom. The fourth-order valence-corrected chi connectivity index (χ4v) is 2.99. The van der Waals surface area contributed by atoms with Gasteiger partial charge in [0, 0.05) is 18.5 Å². The molecule has 19 heavy (non-hydrogen) atoms. The smallest absolute Gasteiger partial charge is 0.0358 e. The van der Waals surface area contributed by atoms with Crippen LogP contribution in [0, 0.1) is 0 Å². The van der Waals surface area contributed by atoms with Gasteiger partial charge in [-0.15, -0.1) is 6.58 Å². The summed E-state index contributed by atoms with van der Waals surface area (Å²) in [5.74, 6) is 0.457. The van der Waals surface area contributed by atoms with Gasteiger partial charge in [0.2, 0.25) is 0 Å². The zero-order chi connectivity index (χ0) is 13.1. The standard InChI is InChI=1S/C18H19N/c1-2-8-18-16-12-7-6-11-15(16)17(13-19-18)14-9-4-3-5-10-14/h2-7,9-12,17-19H,1,8,13H2/t17-,18+/m0/s1. The third-order valence-corrected chi connectivity index (χ3v) is 3.92. The first-order chi connectivity index (χ1) is 9.40. The van der Waals surface area contributed by atoms with E-state index in [1.807, 2.05) is 6.08 Å². The third kappa shape index (κ3) is 2.34. The van der Waals surface area contributed by atoms with E-state index in [2.05, 4.69) is 66.5 Å². The molecular weight excluding hydrogens is 230 g/mol. The van der Waals surface area contributed by atoms with E-state index in [0.29, 0.717) is 12.0 Å². The van der Waals surface area contributed by atoms with E-state index in [9.17, 15) is 0 Å². The second kappa shape index (κ2) is 5.41. The van der Waals surface area contributed by atoms with Crippen LogP contribution in [0.4, 0.5) is 0 Å². The van der Waals surface area contributed by atoms with Crippen molar-refractivity contribution in [2.45, 2.75) is 18.4 Å². The molecule has 0 unspecified atom stereocenters. The fourth-order valence-electron chi connectivity index (χ4n) is 2.99. The van der Waals surface area contributed by atoms with Crippen molar-refractivity contribution in [2.75, 3.05) is 6.54 Å². The van der Waals surface area contributed by atoms with Crippen LogP contribution in [0.1, 0.15) is 35.1 Å². The molecule has 2 aromatic carbocycles. The highest BCUT2D eigenvalue weighted by molar-refractivity contribution is 5.42. The predicted octanol–water partition coefficient (Wildman–Crippen LogP) is 4.04. The number of hydrogen-bond donors (Lipinski definition) is 1. The van der Waals surface area contributed by atoms with Gasteiger partial charge < -0.3 is 5.32 Å². The molecule has 0 radical (unpaired) electrons. The zero-order valence-corrected chi connectivity index (χ0v) is 11.0. The monoisotopic (exact) mass is 249 g/mol. The molecular formula is C18H19N. The summed E-state index contributed by atoms with van der Waals surface area (Å²) in [7, 11) is 0. The van der Waals surface area contributed by atoms with E-state index >= 15 is 0 Å². The van der Waals surface area contributed by atoms with Crippen molar-refractivity contribution in [1.29, 1.82) is 0 Å². The number of hydrogen-bond acceptors (Lipinski definition) is 1. The molecule has 1 nitrogen and oxygen atoms in total. The summed E-state index contributed by atoms with van der Waals surface area (Å²) in [6, 6.07) is 19.9. The van der Waals surface area contributed by atoms with Gasteiger partial charge in [0.05, 0.1) is 0 Å². The lowest BCUT2D eigenvalue weighted by Crippen LogP contribution is -2.33. The van der Waals surface area contributed by atoms with Crippen molar-refractivity contribution in [3.05, 3.63) is 83.9 Å². The van der Waals surface area contributed by atoms with Crippen molar-refractivity contribution in [3.8, 4) is 0 Å². The largest absolute Gasteiger partial charge is 0.309 e. The quantitative estimate of drug-likeness (QED) is 0.810. The van der Waals surface area contributed by atoms with Crippen LogP contribution < -0.4 is 5.32 Å². The summed E-state index contributed by atoms with van der Waals surface area (Å²) < 4.78 is 0. The normalized spacial score (nSPS) is 21.7. The molecule has 0 aromatic heterocycles. The SMILES string of the molecule is C=CC[C@H]1NC[C@@H](c2ccccc2)c2ccccc21. The van der Waals surface area contributed by atoms with Crippen molar-refractivity contribution in [2.24, 2.45) is 0 Å². The molecule has 0 bridgehead atoms. The van der Waals surface area contributed by atoms with Gasteiger partial charge in [-0.1, -0.05) is 60.7 Å². The van der Waals surface area contributed by atoms with Gasteiger partial charge in [0.1, 0.15) is 0 Å². The third-order valence-electron chi connectivity index (χ3n) is 3.92. The first-order valence-electron chi connectivity index (χ1n) is 6.88. The number of rotatable bonds is 3. The Kier molecular flexibility index (Phi) is 3.47. The molecule has 1 heteroatoms. The van der Waals surface area contributed by atoms with E-state index in [1.54, 1.807) is 0 Å². The van der Waals surface area contributed by atoms with Crippen molar-refractivity contribution < 1.29 is 0 Å². The van der Waals surface area contributed by atoms with Crippen molar-refractivity contribution in [3.63, 3.8) is 0 Å². The van der Waals surface area contributed by atoms with E-state index in [4.69, 9.17) is 0 Å². The molecule has 0 fully saturated rings. The van der Waals surface area contributed by atoms with E-state index in [-0.39, 0.29) is 0 Å². The Morgan fingerprint density at radius 1 is 1.00 bits per heavy atom. The van der Waals surface area contributed by atoms with Gasteiger partial charge in [0.15, 0.2) is 0 Å². The van der Waals surface area contributed by atoms with Crippen molar-refractivity contribution >= 4 is 0 Å². The summed E-state index contributed by atoms with van der Waals surface area (Å²) >= 11 is 0. The molecule has 2 aromatic rings. The second-order valence-electron chi connectivity index (χ2n) is 5.08. The highest BCUT2D eigenvalue weighted by Crippen LogP contribution is 2.35. The van der Waals surface area contributed by atoms with E-state index in [1.165, 1.54) is 16.7 Å². The molecule has 0 saturated heterocycles. The Morgan fingerprint density at radius 3 is 2.42 bits per heavy atom. The lowest BCUT2D eigenvalue weighted by molar-refractivity contribution is 0.482. The Hall–Kier alpha value is -1.86. The van der Waals surface area contributed by atoms with Gasteiger partial charge in [0.25, 0.3) is 0 Å². The Bertz CT molecular complexity index is 559. The van der Waals surface area contributed by atoms with Crippen LogP contribution >= 0.6 is 0 Å². The Balaban J connectivity index is 2.01. The average Bonchev–Trinajstić information content (AvgIpc) is 2.49. The Labute approximate surface area is 115 Å². The molecule has 0 aliphatic carbocycles. The first-order valence-corrected chi connectivity index (χ1v) is 6.88. The molecule has 0 amide bonds. The van der Waals surface area contributed by atoms with Gasteiger partial charge in [-0.25, -0.2) is 0 Å². The molecule has 1 aliphatic heterocycles. The number of benzene rings is 2. The minimum atomic E-state index is 0.411. The molecule has 0 spiro atoms. The van der Waals surface area contributed by atoms with Crippen LogP contribution in [-0.2, 0) is 0 Å². The van der Waals surface area contributed by atoms with Crippen LogP contribution in [-0.4, -0.2) is 6.54 Å². The van der Waals surface area contributed by atoms with Crippen LogP contribution in [0.25, 0.3) is 0 Å². The number of fused-ring (bicyclic) bond motifs is 1. The molecule has 3 rings (SSSR count). The van der Waals surface area contributed by atoms with Crippen LogP contribution in [0.3, 0.4) is 0 Å². The predicted molar refractivity (Wildman–Crippen MR) is 80.3 cm³/mol. The summed E-state index contributed by atoms with van der Waals surface area (Å²) in [6.07, 6.45) is 2.98. The number of nitrogens with one attached hydrogen (secondary N) is 1. The summed E-state index contributed by atoms with van der Waals surface area (Å²) in [5.41, 5.74) is 4.27.